The molecular formula is C17H27N3O. The third-order valence-corrected chi connectivity index (χ3v) is 4.25. The molecular weight excluding hydrogens is 262 g/mol. The van der Waals surface area contributed by atoms with Crippen molar-refractivity contribution >= 4 is 5.91 Å². The number of hydrogen-bond donors (Lipinski definition) is 1. The predicted octanol–water partition coefficient (Wildman–Crippen LogP) is 1.85. The van der Waals surface area contributed by atoms with E-state index in [0.717, 1.165) is 39.0 Å². The lowest BCUT2D eigenvalue weighted by molar-refractivity contribution is -0.134. The second-order valence-electron chi connectivity index (χ2n) is 5.92. The number of amides is 1. The lowest BCUT2D eigenvalue weighted by atomic mass is 10.0. The van der Waals surface area contributed by atoms with E-state index in [2.05, 4.69) is 36.1 Å². The fraction of sp³-hybridized carbons (Fsp3) is 0.588. The number of piperidine rings is 1. The van der Waals surface area contributed by atoms with Gasteiger partial charge in [0.1, 0.15) is 0 Å². The monoisotopic (exact) mass is 289 g/mol. The summed E-state index contributed by atoms with van der Waals surface area (Å²) in [6.45, 7) is 7.56. The lowest BCUT2D eigenvalue weighted by Crippen LogP contribution is -2.52. The summed E-state index contributed by atoms with van der Waals surface area (Å²) in [7, 11) is 0. The normalized spacial score (nSPS) is 20.6. The molecule has 116 valence electrons. The molecule has 0 aromatic heterocycles. The highest BCUT2D eigenvalue weighted by atomic mass is 16.2. The summed E-state index contributed by atoms with van der Waals surface area (Å²) in [4.78, 5) is 16.5. The van der Waals surface area contributed by atoms with E-state index >= 15 is 0 Å². The highest BCUT2D eigenvalue weighted by Crippen LogP contribution is 2.18. The molecule has 1 heterocycles. The first kappa shape index (κ1) is 16.0. The van der Waals surface area contributed by atoms with Crippen molar-refractivity contribution in [3.8, 4) is 0 Å². The standard InChI is InChI=1S/C17H27N3O/c1-3-19(12-15-8-5-4-6-9-15)16-10-7-11-20(13-16)17(21)14(2)18/h4-6,8-9,14,16H,3,7,10-13,18H2,1-2H3. The van der Waals surface area contributed by atoms with Gasteiger partial charge >= 0.3 is 0 Å². The van der Waals surface area contributed by atoms with Crippen LogP contribution in [0.5, 0.6) is 0 Å². The molecule has 2 N–H and O–H groups in total. The number of carbonyl (C=O) groups is 1. The van der Waals surface area contributed by atoms with E-state index in [1.54, 1.807) is 6.92 Å². The molecule has 1 aromatic carbocycles. The van der Waals surface area contributed by atoms with Crippen molar-refractivity contribution < 1.29 is 4.79 Å². The highest BCUT2D eigenvalue weighted by molar-refractivity contribution is 5.81. The Morgan fingerprint density at radius 3 is 2.76 bits per heavy atom. The Hall–Kier alpha value is -1.39. The zero-order valence-electron chi connectivity index (χ0n) is 13.2. The van der Waals surface area contributed by atoms with Crippen LogP contribution >= 0.6 is 0 Å². The van der Waals surface area contributed by atoms with Gasteiger partial charge in [-0.05, 0) is 31.9 Å². The van der Waals surface area contributed by atoms with Crippen LogP contribution in [0.1, 0.15) is 32.3 Å². The molecule has 0 saturated carbocycles. The Balaban J connectivity index is 1.99. The van der Waals surface area contributed by atoms with E-state index in [4.69, 9.17) is 5.73 Å². The van der Waals surface area contributed by atoms with Crippen LogP contribution in [0.4, 0.5) is 0 Å². The number of hydrogen-bond acceptors (Lipinski definition) is 3. The number of likely N-dealkylation sites (tertiary alicyclic amines) is 1. The molecule has 4 nitrogen and oxygen atoms in total. The van der Waals surface area contributed by atoms with Crippen molar-refractivity contribution in [2.45, 2.75) is 45.3 Å². The average Bonchev–Trinajstić information content (AvgIpc) is 2.53. The van der Waals surface area contributed by atoms with Crippen LogP contribution in [-0.4, -0.2) is 47.4 Å². The predicted molar refractivity (Wildman–Crippen MR) is 85.8 cm³/mol. The Bertz CT molecular complexity index is 447. The molecule has 21 heavy (non-hydrogen) atoms. The van der Waals surface area contributed by atoms with Crippen molar-refractivity contribution in [2.75, 3.05) is 19.6 Å². The largest absolute Gasteiger partial charge is 0.340 e. The maximum absolute atomic E-state index is 12.1. The first-order valence-electron chi connectivity index (χ1n) is 7.94. The van der Waals surface area contributed by atoms with Gasteiger partial charge in [0, 0.05) is 25.7 Å². The topological polar surface area (TPSA) is 49.6 Å². The quantitative estimate of drug-likeness (QED) is 0.900. The van der Waals surface area contributed by atoms with Gasteiger partial charge in [0.05, 0.1) is 6.04 Å². The van der Waals surface area contributed by atoms with E-state index in [1.165, 1.54) is 5.56 Å². The minimum Gasteiger partial charge on any atom is -0.340 e. The molecule has 1 aromatic rings. The number of likely N-dealkylation sites (N-methyl/N-ethyl adjacent to an activating group) is 1. The lowest BCUT2D eigenvalue weighted by Gasteiger charge is -2.39. The number of nitrogens with two attached hydrogens (primary N) is 1. The molecule has 0 bridgehead atoms. The van der Waals surface area contributed by atoms with Crippen molar-refractivity contribution in [3.05, 3.63) is 35.9 Å². The summed E-state index contributed by atoms with van der Waals surface area (Å²) in [6, 6.07) is 10.6. The number of benzene rings is 1. The summed E-state index contributed by atoms with van der Waals surface area (Å²) < 4.78 is 0. The van der Waals surface area contributed by atoms with Crippen LogP contribution in [0, 0.1) is 0 Å². The summed E-state index contributed by atoms with van der Waals surface area (Å²) in [5.74, 6) is 0.0791. The van der Waals surface area contributed by atoms with Gasteiger partial charge in [-0.25, -0.2) is 0 Å². The summed E-state index contributed by atoms with van der Waals surface area (Å²) in [5, 5.41) is 0. The first-order valence-corrected chi connectivity index (χ1v) is 7.94. The van der Waals surface area contributed by atoms with Crippen LogP contribution in [0.25, 0.3) is 0 Å². The fourth-order valence-electron chi connectivity index (χ4n) is 3.06. The summed E-state index contributed by atoms with van der Waals surface area (Å²) in [6.07, 6.45) is 2.22. The van der Waals surface area contributed by atoms with Gasteiger partial charge in [0.15, 0.2) is 0 Å². The van der Waals surface area contributed by atoms with Crippen LogP contribution in [-0.2, 0) is 11.3 Å². The second kappa shape index (κ2) is 7.57. The fourth-order valence-corrected chi connectivity index (χ4v) is 3.06. The molecule has 1 saturated heterocycles. The first-order chi connectivity index (χ1) is 10.1. The van der Waals surface area contributed by atoms with Gasteiger partial charge in [-0.15, -0.1) is 0 Å². The Morgan fingerprint density at radius 1 is 1.43 bits per heavy atom. The van der Waals surface area contributed by atoms with Crippen molar-refractivity contribution in [2.24, 2.45) is 5.73 Å². The van der Waals surface area contributed by atoms with Gasteiger partial charge in [0.25, 0.3) is 0 Å². The summed E-state index contributed by atoms with van der Waals surface area (Å²) >= 11 is 0. The van der Waals surface area contributed by atoms with E-state index in [0.29, 0.717) is 6.04 Å². The molecule has 4 heteroatoms. The molecule has 2 atom stereocenters. The van der Waals surface area contributed by atoms with E-state index in [1.807, 2.05) is 11.0 Å². The van der Waals surface area contributed by atoms with Crippen LogP contribution in [0.15, 0.2) is 30.3 Å². The molecule has 0 spiro atoms. The van der Waals surface area contributed by atoms with Crippen molar-refractivity contribution in [1.29, 1.82) is 0 Å². The highest BCUT2D eigenvalue weighted by Gasteiger charge is 2.28. The Morgan fingerprint density at radius 2 is 2.14 bits per heavy atom. The second-order valence-corrected chi connectivity index (χ2v) is 5.92. The minimum absolute atomic E-state index is 0.0791. The average molecular weight is 289 g/mol. The summed E-state index contributed by atoms with van der Waals surface area (Å²) in [5.41, 5.74) is 7.07. The maximum Gasteiger partial charge on any atom is 0.239 e. The smallest absolute Gasteiger partial charge is 0.239 e. The van der Waals surface area contributed by atoms with Gasteiger partial charge in [-0.3, -0.25) is 9.69 Å². The van der Waals surface area contributed by atoms with E-state index in [-0.39, 0.29) is 5.91 Å². The third kappa shape index (κ3) is 4.29. The SMILES string of the molecule is CCN(Cc1ccccc1)C1CCCN(C(=O)C(C)N)C1. The molecule has 0 radical (unpaired) electrons. The van der Waals surface area contributed by atoms with E-state index in [9.17, 15) is 4.79 Å². The van der Waals surface area contributed by atoms with Crippen molar-refractivity contribution in [1.82, 2.24) is 9.80 Å². The molecule has 1 amide bonds. The van der Waals surface area contributed by atoms with Crippen LogP contribution < -0.4 is 5.73 Å². The van der Waals surface area contributed by atoms with Crippen LogP contribution in [0.3, 0.4) is 0 Å². The third-order valence-electron chi connectivity index (χ3n) is 4.25. The zero-order chi connectivity index (χ0) is 15.2. The van der Waals surface area contributed by atoms with Gasteiger partial charge in [-0.1, -0.05) is 37.3 Å². The van der Waals surface area contributed by atoms with Gasteiger partial charge < -0.3 is 10.6 Å². The number of rotatable bonds is 5. The maximum atomic E-state index is 12.1. The number of nitrogens with zero attached hydrogens (tertiary/aromatic N) is 2. The molecule has 1 aliphatic rings. The molecule has 1 aliphatic heterocycles. The zero-order valence-corrected chi connectivity index (χ0v) is 13.2. The minimum atomic E-state index is -0.395. The molecule has 2 rings (SSSR count). The van der Waals surface area contributed by atoms with Gasteiger partial charge in [0.2, 0.25) is 5.91 Å². The molecule has 0 aliphatic carbocycles. The molecule has 2 unspecified atom stereocenters. The van der Waals surface area contributed by atoms with Gasteiger partial charge in [-0.2, -0.15) is 0 Å². The number of carbonyl (C=O) groups excluding carboxylic acids is 1. The van der Waals surface area contributed by atoms with Crippen LogP contribution in [0.2, 0.25) is 0 Å². The Kier molecular flexibility index (Phi) is 5.76. The molecule has 1 fully saturated rings. The Labute approximate surface area is 127 Å². The van der Waals surface area contributed by atoms with Crippen molar-refractivity contribution in [3.63, 3.8) is 0 Å². The van der Waals surface area contributed by atoms with E-state index < -0.39 is 6.04 Å².